The van der Waals surface area contributed by atoms with E-state index in [2.05, 4.69) is 166 Å². The van der Waals surface area contributed by atoms with Crippen molar-refractivity contribution in [3.63, 3.8) is 0 Å². The molecule has 0 aliphatic carbocycles. The van der Waals surface area contributed by atoms with E-state index in [1.54, 1.807) is 0 Å². The zero-order chi connectivity index (χ0) is 82.5. The Morgan fingerprint density at radius 1 is 0.144 bits per heavy atom. The lowest BCUT2D eigenvalue weighted by molar-refractivity contribution is -0.368. The van der Waals surface area contributed by atoms with Gasteiger partial charge in [0.25, 0.3) is 0 Å². The van der Waals surface area contributed by atoms with Gasteiger partial charge in [0.1, 0.15) is 168 Å². The zero-order valence-corrected chi connectivity index (χ0v) is 80.5. The topological polar surface area (TPSA) is 184 Å². The van der Waals surface area contributed by atoms with Crippen LogP contribution in [0.25, 0.3) is 0 Å². The molecule has 0 bridgehead atoms. The van der Waals surface area contributed by atoms with E-state index in [4.69, 9.17) is 40.2 Å². The van der Waals surface area contributed by atoms with Crippen LogP contribution in [-0.2, 0) is 87.2 Å². The molecule has 0 radical (unpaired) electrons. The SMILES string of the molecule is CCCC[S+](CC)CCCC.CCCC[S+](CC)CCCC.CCCC[S+](CC)CCCC.CCCC[S+](CC)CCCC.CCCC[S+](CC)CCCC.CCCC[S+](CC)CCCC.CCCC[S+](CC)CCCC.CCCC[S+](CC)CCCC.[O-]B([O-])F.[O-]B([O-])F.[O-]B([O-])F.[O-]B([O-])F. The standard InChI is InChI=1S/8C10H23S.4BFO2/c8*1-4-7-9-11(6-3)10-8-5-2;4*2-1(3)4/h8*4-10H2,1-3H3;;;;/q8*+1;4*-2. The molecule has 8 nitrogen and oxygen atoms in total. The molecule has 104 heavy (non-hydrogen) atoms. The molecule has 640 valence electrons. The van der Waals surface area contributed by atoms with Crippen molar-refractivity contribution in [3.05, 3.63) is 0 Å². The van der Waals surface area contributed by atoms with Gasteiger partial charge in [0.15, 0.2) is 0 Å². The normalized spacial score (nSPS) is 10.3. The van der Waals surface area contributed by atoms with Crippen molar-refractivity contribution in [1.29, 1.82) is 0 Å². The highest BCUT2D eigenvalue weighted by Crippen LogP contribution is 2.11. The largest absolute Gasteiger partial charge is 0.867 e. The van der Waals surface area contributed by atoms with Crippen molar-refractivity contribution in [3.8, 4) is 0 Å². The number of halogens is 4. The summed E-state index contributed by atoms with van der Waals surface area (Å²) in [6.45, 7) is 55.4. The Labute approximate surface area is 678 Å². The Morgan fingerprint density at radius 2 is 0.192 bits per heavy atom. The first-order valence-electron chi connectivity index (χ1n) is 42.7. The summed E-state index contributed by atoms with van der Waals surface area (Å²) in [6, 6.07) is 0. The lowest BCUT2D eigenvalue weighted by Crippen LogP contribution is -2.39. The zero-order valence-electron chi connectivity index (χ0n) is 74.0. The molecule has 0 amide bonds. The van der Waals surface area contributed by atoms with Crippen molar-refractivity contribution in [2.24, 2.45) is 0 Å². The van der Waals surface area contributed by atoms with Crippen molar-refractivity contribution in [1.82, 2.24) is 0 Å². The molecule has 0 aliphatic heterocycles. The monoisotopic (exact) mass is 1650 g/mol. The van der Waals surface area contributed by atoms with Gasteiger partial charge in [0.05, 0.1) is 0 Å². The van der Waals surface area contributed by atoms with E-state index in [-0.39, 0.29) is 0 Å². The highest BCUT2D eigenvalue weighted by atomic mass is 32.2. The Kier molecular flexibility index (Phi) is 165. The summed E-state index contributed by atoms with van der Waals surface area (Å²) in [7, 11) is -6.52. The summed E-state index contributed by atoms with van der Waals surface area (Å²) < 4.78 is 39.6. The number of hydrogen-bond donors (Lipinski definition) is 0. The summed E-state index contributed by atoms with van der Waals surface area (Å²) in [4.78, 5) is 0. The third-order valence-corrected chi connectivity index (χ3v) is 36.2. The maximum Gasteiger partial charge on any atom is 0.121 e. The van der Waals surface area contributed by atoms with Crippen LogP contribution in [0.4, 0.5) is 17.3 Å². The minimum atomic E-state index is -3.17. The Hall–Kier alpha value is 2.46. The predicted molar refractivity (Wildman–Crippen MR) is 487 cm³/mol. The molecule has 0 rings (SSSR count). The first kappa shape index (κ1) is 133. The van der Waals surface area contributed by atoms with Crippen LogP contribution in [0.5, 0.6) is 0 Å². The third-order valence-electron chi connectivity index (χ3n) is 15.9. The smallest absolute Gasteiger partial charge is 0.121 e. The molecular formula is C80H184B4F4O8S8. The molecule has 0 spiro atoms. The minimum Gasteiger partial charge on any atom is -0.867 e. The Morgan fingerprint density at radius 3 is 0.221 bits per heavy atom. The van der Waals surface area contributed by atoms with E-state index >= 15 is 0 Å². The average molecular weight is 1650 g/mol. The highest BCUT2D eigenvalue weighted by Gasteiger charge is 2.18. The summed E-state index contributed by atoms with van der Waals surface area (Å²) in [6.07, 6.45) is 45.1. The molecule has 0 saturated carbocycles. The fraction of sp³-hybridized carbons (Fsp3) is 1.00. The molecule has 0 fully saturated rings. The van der Waals surface area contributed by atoms with Crippen LogP contribution in [-0.4, -0.2) is 168 Å². The molecule has 24 heteroatoms. The van der Waals surface area contributed by atoms with Crippen molar-refractivity contribution < 1.29 is 57.5 Å². The molecule has 0 aromatic carbocycles. The maximum absolute atomic E-state index is 9.89. The molecule has 0 N–H and O–H groups in total. The van der Waals surface area contributed by atoms with Crippen LogP contribution in [0, 0.1) is 0 Å². The average Bonchev–Trinajstić information content (AvgIpc) is 2.47. The van der Waals surface area contributed by atoms with Gasteiger partial charge in [0.2, 0.25) is 0 Å². The van der Waals surface area contributed by atoms with Crippen LogP contribution in [0.3, 0.4) is 0 Å². The van der Waals surface area contributed by atoms with Gasteiger partial charge in [0, 0.05) is 0 Å². The van der Waals surface area contributed by atoms with Crippen molar-refractivity contribution in [2.75, 3.05) is 138 Å². The Bertz CT molecular complexity index is 980. The van der Waals surface area contributed by atoms with Gasteiger partial charge >= 0.3 is 0 Å². The molecule has 0 saturated heterocycles. The molecular weight excluding hydrogens is 1460 g/mol. The maximum atomic E-state index is 9.89. The van der Waals surface area contributed by atoms with Crippen molar-refractivity contribution in [2.45, 2.75) is 372 Å². The van der Waals surface area contributed by atoms with E-state index in [9.17, 15) is 17.3 Å². The van der Waals surface area contributed by atoms with Gasteiger partial charge < -0.3 is 57.5 Å². The minimum absolute atomic E-state index is 0.769. The molecule has 0 aromatic heterocycles. The van der Waals surface area contributed by atoms with E-state index in [1.165, 1.54) is 344 Å². The van der Waals surface area contributed by atoms with Crippen LogP contribution in [0.15, 0.2) is 0 Å². The van der Waals surface area contributed by atoms with Crippen molar-refractivity contribution >= 4 is 117 Å². The van der Waals surface area contributed by atoms with Gasteiger partial charge in [-0.05, 0) is 245 Å². The molecule has 0 unspecified atom stereocenters. The van der Waals surface area contributed by atoms with Gasteiger partial charge in [-0.25, -0.2) is 0 Å². The third kappa shape index (κ3) is 164. The first-order valence-corrected chi connectivity index (χ1v) is 56.5. The van der Waals surface area contributed by atoms with Gasteiger partial charge in [-0.2, -0.15) is 0 Å². The van der Waals surface area contributed by atoms with Crippen LogP contribution in [0.1, 0.15) is 372 Å². The second kappa shape index (κ2) is 129. The molecule has 0 aliphatic rings. The number of rotatable bonds is 56. The number of hydrogen-bond acceptors (Lipinski definition) is 8. The fourth-order valence-corrected chi connectivity index (χ4v) is 26.1. The number of unbranched alkanes of at least 4 members (excludes halogenated alkanes) is 16. The second-order valence-corrected chi connectivity index (χ2v) is 46.2. The van der Waals surface area contributed by atoms with Gasteiger partial charge in [-0.3, -0.25) is 0 Å². The van der Waals surface area contributed by atoms with Crippen LogP contribution < -0.4 is 40.2 Å². The van der Waals surface area contributed by atoms with Gasteiger partial charge in [-0.1, -0.05) is 214 Å². The fourth-order valence-electron chi connectivity index (χ4n) is 8.70. The molecule has 0 heterocycles. The predicted octanol–water partition coefficient (Wildman–Crippen LogP) is 16.4. The summed E-state index contributed by atoms with van der Waals surface area (Å²) >= 11 is 0. The van der Waals surface area contributed by atoms with E-state index in [1.807, 2.05) is 0 Å². The molecule has 0 aromatic rings. The van der Waals surface area contributed by atoms with E-state index in [0.29, 0.717) is 0 Å². The summed E-state index contributed by atoms with van der Waals surface area (Å²) in [5, 5.41) is 66.4. The second-order valence-electron chi connectivity index (χ2n) is 25.2. The summed E-state index contributed by atoms with van der Waals surface area (Å²) in [5.74, 6) is 35.2. The van der Waals surface area contributed by atoms with E-state index in [0.717, 1.165) is 87.2 Å². The highest BCUT2D eigenvalue weighted by molar-refractivity contribution is 7.98. The lowest BCUT2D eigenvalue weighted by Gasteiger charge is -2.09. The molecule has 0 atom stereocenters. The lowest BCUT2D eigenvalue weighted by atomic mass is 10.3. The summed E-state index contributed by atoms with van der Waals surface area (Å²) in [5.41, 5.74) is 0. The van der Waals surface area contributed by atoms with Crippen LogP contribution in [0.2, 0.25) is 0 Å². The first-order chi connectivity index (χ1) is 49.7. The quantitative estimate of drug-likeness (QED) is 0.0327. The Balaban J connectivity index is -0.0000000902. The van der Waals surface area contributed by atoms with E-state index < -0.39 is 29.6 Å². The van der Waals surface area contributed by atoms with Gasteiger partial charge in [-0.15, -0.1) is 0 Å². The van der Waals surface area contributed by atoms with Crippen LogP contribution >= 0.6 is 0 Å².